The third-order valence-electron chi connectivity index (χ3n) is 3.28. The molecular weight excluding hydrogens is 232 g/mol. The van der Waals surface area contributed by atoms with Gasteiger partial charge < -0.3 is 10.6 Å². The molecule has 102 valence electrons. The molecule has 0 saturated carbocycles. The third kappa shape index (κ3) is 5.77. The van der Waals surface area contributed by atoms with Crippen LogP contribution in [0.4, 0.5) is 0 Å². The number of nitrogens with two attached hydrogens (primary N) is 1. The van der Waals surface area contributed by atoms with Crippen molar-refractivity contribution in [3.8, 4) is 0 Å². The van der Waals surface area contributed by atoms with E-state index in [1.165, 1.54) is 0 Å². The molecule has 0 bridgehead atoms. The van der Waals surface area contributed by atoms with Gasteiger partial charge in [0.15, 0.2) is 0 Å². The SMILES string of the molecule is CCC(CSC)N(C)C(=O)CC(N)C(C)(C)C. The van der Waals surface area contributed by atoms with Gasteiger partial charge in [-0.1, -0.05) is 27.7 Å². The first kappa shape index (κ1) is 16.8. The lowest BCUT2D eigenvalue weighted by Crippen LogP contribution is -2.44. The van der Waals surface area contributed by atoms with Crippen molar-refractivity contribution < 1.29 is 4.79 Å². The van der Waals surface area contributed by atoms with Gasteiger partial charge in [0.2, 0.25) is 5.91 Å². The van der Waals surface area contributed by atoms with Crippen molar-refractivity contribution in [3.05, 3.63) is 0 Å². The van der Waals surface area contributed by atoms with Crippen molar-refractivity contribution in [1.82, 2.24) is 4.90 Å². The lowest BCUT2D eigenvalue weighted by Gasteiger charge is -2.31. The first-order chi connectivity index (χ1) is 7.73. The Morgan fingerprint density at radius 2 is 1.94 bits per heavy atom. The molecule has 0 rings (SSSR count). The Morgan fingerprint density at radius 3 is 2.29 bits per heavy atom. The van der Waals surface area contributed by atoms with Gasteiger partial charge in [0.1, 0.15) is 0 Å². The third-order valence-corrected chi connectivity index (χ3v) is 4.00. The Morgan fingerprint density at radius 1 is 1.41 bits per heavy atom. The molecule has 2 N–H and O–H groups in total. The molecule has 4 heteroatoms. The molecule has 17 heavy (non-hydrogen) atoms. The second-order valence-corrected chi connectivity index (χ2v) is 6.61. The summed E-state index contributed by atoms with van der Waals surface area (Å²) in [7, 11) is 1.89. The summed E-state index contributed by atoms with van der Waals surface area (Å²) in [4.78, 5) is 14.0. The van der Waals surface area contributed by atoms with Crippen molar-refractivity contribution in [2.24, 2.45) is 11.1 Å². The van der Waals surface area contributed by atoms with E-state index in [1.807, 2.05) is 11.9 Å². The molecule has 0 heterocycles. The summed E-state index contributed by atoms with van der Waals surface area (Å²) in [6.07, 6.45) is 3.50. The normalized spacial score (nSPS) is 15.5. The van der Waals surface area contributed by atoms with E-state index in [0.717, 1.165) is 12.2 Å². The fourth-order valence-corrected chi connectivity index (χ4v) is 2.38. The van der Waals surface area contributed by atoms with Gasteiger partial charge >= 0.3 is 0 Å². The number of carbonyl (C=O) groups excluding carboxylic acids is 1. The van der Waals surface area contributed by atoms with Gasteiger partial charge in [-0.3, -0.25) is 4.79 Å². The van der Waals surface area contributed by atoms with Crippen LogP contribution >= 0.6 is 11.8 Å². The van der Waals surface area contributed by atoms with Gasteiger partial charge in [-0.25, -0.2) is 0 Å². The summed E-state index contributed by atoms with van der Waals surface area (Å²) in [5.74, 6) is 1.15. The first-order valence-electron chi connectivity index (χ1n) is 6.24. The minimum atomic E-state index is -0.0794. The summed E-state index contributed by atoms with van der Waals surface area (Å²) < 4.78 is 0. The number of hydrogen-bond donors (Lipinski definition) is 1. The number of amides is 1. The highest BCUT2D eigenvalue weighted by atomic mass is 32.2. The largest absolute Gasteiger partial charge is 0.342 e. The molecule has 2 unspecified atom stereocenters. The van der Waals surface area contributed by atoms with Crippen molar-refractivity contribution in [2.45, 2.75) is 52.6 Å². The zero-order chi connectivity index (χ0) is 13.6. The van der Waals surface area contributed by atoms with Crippen LogP contribution in [0, 0.1) is 5.41 Å². The van der Waals surface area contributed by atoms with Crippen LogP contribution in [0.1, 0.15) is 40.5 Å². The zero-order valence-corrected chi connectivity index (χ0v) is 12.9. The smallest absolute Gasteiger partial charge is 0.224 e. The highest BCUT2D eigenvalue weighted by Gasteiger charge is 2.26. The van der Waals surface area contributed by atoms with Gasteiger partial charge in [0.05, 0.1) is 0 Å². The van der Waals surface area contributed by atoms with E-state index in [1.54, 1.807) is 11.8 Å². The standard InChI is InChI=1S/C13H28N2OS/c1-7-10(9-17-6)15(5)12(16)8-11(14)13(2,3)4/h10-11H,7-9,14H2,1-6H3. The first-order valence-corrected chi connectivity index (χ1v) is 7.63. The number of carbonyl (C=O) groups is 1. The van der Waals surface area contributed by atoms with E-state index in [9.17, 15) is 4.79 Å². The van der Waals surface area contributed by atoms with Crippen molar-refractivity contribution >= 4 is 17.7 Å². The zero-order valence-electron chi connectivity index (χ0n) is 12.1. The Hall–Kier alpha value is -0.220. The molecule has 0 aromatic rings. The molecule has 0 aliphatic heterocycles. The second-order valence-electron chi connectivity index (χ2n) is 5.70. The quantitative estimate of drug-likeness (QED) is 0.797. The van der Waals surface area contributed by atoms with Crippen LogP contribution in [-0.4, -0.2) is 41.9 Å². The Kier molecular flexibility index (Phi) is 7.17. The van der Waals surface area contributed by atoms with Crippen LogP contribution in [0.25, 0.3) is 0 Å². The topological polar surface area (TPSA) is 46.3 Å². The number of rotatable bonds is 6. The maximum absolute atomic E-state index is 12.1. The van der Waals surface area contributed by atoms with Crippen molar-refractivity contribution in [3.63, 3.8) is 0 Å². The Balaban J connectivity index is 4.39. The number of hydrogen-bond acceptors (Lipinski definition) is 3. The lowest BCUT2D eigenvalue weighted by atomic mass is 9.85. The van der Waals surface area contributed by atoms with Crippen LogP contribution in [0.2, 0.25) is 0 Å². The fraction of sp³-hybridized carbons (Fsp3) is 0.923. The molecule has 0 aromatic carbocycles. The van der Waals surface area contributed by atoms with E-state index in [2.05, 4.69) is 34.0 Å². The Bertz CT molecular complexity index is 238. The molecule has 0 spiro atoms. The van der Waals surface area contributed by atoms with Gasteiger partial charge in [-0.2, -0.15) is 11.8 Å². The molecule has 0 radical (unpaired) electrons. The summed E-state index contributed by atoms with van der Waals surface area (Å²) in [5.41, 5.74) is 6.04. The van der Waals surface area contributed by atoms with Gasteiger partial charge in [0, 0.05) is 31.3 Å². The van der Waals surface area contributed by atoms with Crippen LogP contribution < -0.4 is 5.73 Å². The molecule has 1 amide bonds. The highest BCUT2D eigenvalue weighted by molar-refractivity contribution is 7.98. The molecular formula is C13H28N2OS. The summed E-state index contributed by atoms with van der Waals surface area (Å²) in [6.45, 7) is 8.34. The van der Waals surface area contributed by atoms with Crippen LogP contribution in [-0.2, 0) is 4.79 Å². The molecule has 2 atom stereocenters. The predicted molar refractivity (Wildman–Crippen MR) is 77.3 cm³/mol. The second kappa shape index (κ2) is 7.27. The maximum Gasteiger partial charge on any atom is 0.224 e. The average molecular weight is 260 g/mol. The molecule has 3 nitrogen and oxygen atoms in total. The molecule has 0 fully saturated rings. The minimum absolute atomic E-state index is 0.0162. The summed E-state index contributed by atoms with van der Waals surface area (Å²) in [6, 6.07) is 0.244. The molecule has 0 aromatic heterocycles. The van der Waals surface area contributed by atoms with Gasteiger partial charge in [-0.05, 0) is 18.1 Å². The number of thioether (sulfide) groups is 1. The molecule has 0 aliphatic carbocycles. The summed E-state index contributed by atoms with van der Waals surface area (Å²) >= 11 is 1.78. The lowest BCUT2D eigenvalue weighted by molar-refractivity contribution is -0.132. The summed E-state index contributed by atoms with van der Waals surface area (Å²) in [5, 5.41) is 0. The molecule has 0 aliphatic rings. The highest BCUT2D eigenvalue weighted by Crippen LogP contribution is 2.21. The predicted octanol–water partition coefficient (Wildman–Crippen LogP) is 2.35. The number of nitrogens with zero attached hydrogens (tertiary/aromatic N) is 1. The van der Waals surface area contributed by atoms with Crippen LogP contribution in [0.3, 0.4) is 0 Å². The van der Waals surface area contributed by atoms with Crippen LogP contribution in [0.15, 0.2) is 0 Å². The molecule has 0 saturated heterocycles. The monoisotopic (exact) mass is 260 g/mol. The van der Waals surface area contributed by atoms with Crippen molar-refractivity contribution in [2.75, 3.05) is 19.1 Å². The maximum atomic E-state index is 12.1. The Labute approximate surface area is 111 Å². The van der Waals surface area contributed by atoms with E-state index >= 15 is 0 Å². The van der Waals surface area contributed by atoms with E-state index < -0.39 is 0 Å². The average Bonchev–Trinajstić information content (AvgIpc) is 2.23. The van der Waals surface area contributed by atoms with E-state index in [-0.39, 0.29) is 17.4 Å². The minimum Gasteiger partial charge on any atom is -0.342 e. The van der Waals surface area contributed by atoms with Gasteiger partial charge in [0.25, 0.3) is 0 Å². The van der Waals surface area contributed by atoms with E-state index in [4.69, 9.17) is 5.73 Å². The van der Waals surface area contributed by atoms with Crippen LogP contribution in [0.5, 0.6) is 0 Å². The van der Waals surface area contributed by atoms with Gasteiger partial charge in [-0.15, -0.1) is 0 Å². The fourth-order valence-electron chi connectivity index (χ4n) is 1.54. The van der Waals surface area contributed by atoms with Crippen molar-refractivity contribution in [1.29, 1.82) is 0 Å². The van der Waals surface area contributed by atoms with E-state index in [0.29, 0.717) is 12.5 Å².